The Balaban J connectivity index is 2.69. The van der Waals surface area contributed by atoms with Crippen molar-refractivity contribution >= 4 is 23.2 Å². The van der Waals surface area contributed by atoms with Gasteiger partial charge in [-0.05, 0) is 11.6 Å². The zero-order valence-electron chi connectivity index (χ0n) is 9.10. The van der Waals surface area contributed by atoms with E-state index < -0.39 is 18.8 Å². The molecule has 0 aromatic heterocycles. The third kappa shape index (κ3) is 4.62. The van der Waals surface area contributed by atoms with Crippen LogP contribution in [0, 0.1) is 0 Å². The molecule has 0 saturated heterocycles. The minimum atomic E-state index is -4.38. The van der Waals surface area contributed by atoms with Crippen LogP contribution in [-0.4, -0.2) is 19.4 Å². The molecular formula is C10H11Cl2F3N2O. The molecule has 0 bridgehead atoms. The van der Waals surface area contributed by atoms with E-state index in [1.807, 2.05) is 0 Å². The minimum Gasteiger partial charge on any atom is -0.370 e. The number of nitrogens with one attached hydrogen (secondary N) is 1. The van der Waals surface area contributed by atoms with E-state index in [2.05, 4.69) is 10.2 Å². The van der Waals surface area contributed by atoms with Crippen LogP contribution >= 0.6 is 23.2 Å². The third-order valence-corrected chi connectivity index (χ3v) is 2.94. The second kappa shape index (κ2) is 6.58. The standard InChI is InChI=1S/C10H11Cl2F3N2O/c11-7-3-1-2-6(9(7)12)8(17-16)4-18-5-10(13,14)15/h1-3,8,17H,4-5,16H2. The first kappa shape index (κ1) is 15.5. The van der Waals surface area contributed by atoms with Crippen molar-refractivity contribution in [1.82, 2.24) is 5.43 Å². The predicted molar refractivity (Wildman–Crippen MR) is 63.4 cm³/mol. The summed E-state index contributed by atoms with van der Waals surface area (Å²) >= 11 is 11.7. The molecular weight excluding hydrogens is 292 g/mol. The lowest BCUT2D eigenvalue weighted by Gasteiger charge is -2.18. The van der Waals surface area contributed by atoms with Gasteiger partial charge in [-0.1, -0.05) is 35.3 Å². The van der Waals surface area contributed by atoms with Crippen molar-refractivity contribution in [3.8, 4) is 0 Å². The normalized spacial score (nSPS) is 13.7. The molecule has 1 atom stereocenters. The van der Waals surface area contributed by atoms with Crippen LogP contribution in [0.4, 0.5) is 13.2 Å². The highest BCUT2D eigenvalue weighted by molar-refractivity contribution is 6.42. The van der Waals surface area contributed by atoms with Crippen LogP contribution in [0.25, 0.3) is 0 Å². The van der Waals surface area contributed by atoms with Crippen molar-refractivity contribution in [3.05, 3.63) is 33.8 Å². The van der Waals surface area contributed by atoms with Crippen molar-refractivity contribution in [3.63, 3.8) is 0 Å². The van der Waals surface area contributed by atoms with Crippen LogP contribution in [0.3, 0.4) is 0 Å². The molecule has 8 heteroatoms. The Labute approximate surface area is 112 Å². The van der Waals surface area contributed by atoms with E-state index in [1.54, 1.807) is 18.2 Å². The molecule has 0 spiro atoms. The zero-order valence-corrected chi connectivity index (χ0v) is 10.6. The average Bonchev–Trinajstić information content (AvgIpc) is 2.27. The summed E-state index contributed by atoms with van der Waals surface area (Å²) in [6.07, 6.45) is -4.38. The fraction of sp³-hybridized carbons (Fsp3) is 0.400. The summed E-state index contributed by atoms with van der Waals surface area (Å²) in [5, 5.41) is 0.531. The highest BCUT2D eigenvalue weighted by Crippen LogP contribution is 2.30. The first-order valence-corrected chi connectivity index (χ1v) is 5.65. The molecule has 0 aliphatic carbocycles. The van der Waals surface area contributed by atoms with E-state index in [0.29, 0.717) is 10.6 Å². The highest BCUT2D eigenvalue weighted by Gasteiger charge is 2.28. The molecule has 3 N–H and O–H groups in total. The lowest BCUT2D eigenvalue weighted by Crippen LogP contribution is -2.33. The van der Waals surface area contributed by atoms with Crippen LogP contribution < -0.4 is 11.3 Å². The van der Waals surface area contributed by atoms with E-state index in [4.69, 9.17) is 29.0 Å². The summed E-state index contributed by atoms with van der Waals surface area (Å²) in [6, 6.07) is 4.13. The van der Waals surface area contributed by atoms with Gasteiger partial charge in [-0.15, -0.1) is 0 Å². The van der Waals surface area contributed by atoms with Gasteiger partial charge >= 0.3 is 6.18 Å². The van der Waals surface area contributed by atoms with Crippen molar-refractivity contribution in [1.29, 1.82) is 0 Å². The Kier molecular flexibility index (Phi) is 5.68. The molecule has 1 aromatic carbocycles. The molecule has 0 radical (unpaired) electrons. The van der Waals surface area contributed by atoms with E-state index in [-0.39, 0.29) is 11.6 Å². The van der Waals surface area contributed by atoms with Gasteiger partial charge < -0.3 is 4.74 Å². The van der Waals surface area contributed by atoms with Crippen molar-refractivity contribution < 1.29 is 17.9 Å². The van der Waals surface area contributed by atoms with Crippen LogP contribution in [0.1, 0.15) is 11.6 Å². The Morgan fingerprint density at radius 3 is 2.56 bits per heavy atom. The van der Waals surface area contributed by atoms with Crippen LogP contribution in [0.5, 0.6) is 0 Å². The average molecular weight is 303 g/mol. The van der Waals surface area contributed by atoms with Gasteiger partial charge in [0.15, 0.2) is 0 Å². The SMILES string of the molecule is NNC(COCC(F)(F)F)c1cccc(Cl)c1Cl. The van der Waals surface area contributed by atoms with Crippen LogP contribution in [0.15, 0.2) is 18.2 Å². The summed E-state index contributed by atoms with van der Waals surface area (Å²) < 4.78 is 40.3. The maximum atomic E-state index is 11.9. The quantitative estimate of drug-likeness (QED) is 0.649. The number of halogens is 5. The monoisotopic (exact) mass is 302 g/mol. The number of ether oxygens (including phenoxy) is 1. The predicted octanol–water partition coefficient (Wildman–Crippen LogP) is 3.08. The fourth-order valence-electron chi connectivity index (χ4n) is 1.31. The summed E-state index contributed by atoms with van der Waals surface area (Å²) in [5.41, 5.74) is 2.82. The molecule has 0 saturated carbocycles. The van der Waals surface area contributed by atoms with Gasteiger partial charge in [0.2, 0.25) is 0 Å². The summed E-state index contributed by atoms with van der Waals surface area (Å²) in [4.78, 5) is 0. The number of rotatable bonds is 5. The Bertz CT molecular complexity index is 401. The van der Waals surface area contributed by atoms with E-state index in [0.717, 1.165) is 0 Å². The summed E-state index contributed by atoms with van der Waals surface area (Å²) in [7, 11) is 0. The maximum absolute atomic E-state index is 11.9. The molecule has 18 heavy (non-hydrogen) atoms. The lowest BCUT2D eigenvalue weighted by atomic mass is 10.1. The lowest BCUT2D eigenvalue weighted by molar-refractivity contribution is -0.175. The molecule has 1 aromatic rings. The number of hydrogen-bond donors (Lipinski definition) is 2. The number of hydrazine groups is 1. The summed E-state index contributed by atoms with van der Waals surface area (Å²) in [6.45, 7) is -1.61. The first-order chi connectivity index (χ1) is 8.35. The van der Waals surface area contributed by atoms with Crippen molar-refractivity contribution in [2.24, 2.45) is 5.84 Å². The van der Waals surface area contributed by atoms with Gasteiger partial charge in [-0.2, -0.15) is 13.2 Å². The number of alkyl halides is 3. The molecule has 1 rings (SSSR count). The third-order valence-electron chi connectivity index (χ3n) is 2.11. The topological polar surface area (TPSA) is 47.3 Å². The molecule has 0 fully saturated rings. The molecule has 0 heterocycles. The molecule has 3 nitrogen and oxygen atoms in total. The summed E-state index contributed by atoms with van der Waals surface area (Å²) in [5.74, 6) is 5.26. The van der Waals surface area contributed by atoms with Gasteiger partial charge in [0.25, 0.3) is 0 Å². The first-order valence-electron chi connectivity index (χ1n) is 4.89. The van der Waals surface area contributed by atoms with Crippen LogP contribution in [0.2, 0.25) is 10.0 Å². The van der Waals surface area contributed by atoms with E-state index >= 15 is 0 Å². The second-order valence-corrected chi connectivity index (χ2v) is 4.28. The van der Waals surface area contributed by atoms with Gasteiger partial charge in [0, 0.05) is 0 Å². The highest BCUT2D eigenvalue weighted by atomic mass is 35.5. The van der Waals surface area contributed by atoms with E-state index in [1.165, 1.54) is 0 Å². The molecule has 102 valence electrons. The van der Waals surface area contributed by atoms with Gasteiger partial charge in [-0.25, -0.2) is 0 Å². The second-order valence-electron chi connectivity index (χ2n) is 3.49. The zero-order chi connectivity index (χ0) is 13.8. The van der Waals surface area contributed by atoms with Crippen molar-refractivity contribution in [2.45, 2.75) is 12.2 Å². The number of benzene rings is 1. The Hall–Kier alpha value is -0.530. The van der Waals surface area contributed by atoms with Gasteiger partial charge in [0.1, 0.15) is 6.61 Å². The number of nitrogens with two attached hydrogens (primary N) is 1. The van der Waals surface area contributed by atoms with Crippen LogP contribution in [-0.2, 0) is 4.74 Å². The minimum absolute atomic E-state index is 0.234. The molecule has 1 unspecified atom stereocenters. The van der Waals surface area contributed by atoms with E-state index in [9.17, 15) is 13.2 Å². The Morgan fingerprint density at radius 1 is 1.33 bits per heavy atom. The molecule has 0 aliphatic rings. The Morgan fingerprint density at radius 2 is 2.00 bits per heavy atom. The van der Waals surface area contributed by atoms with Gasteiger partial charge in [-0.3, -0.25) is 11.3 Å². The number of hydrogen-bond acceptors (Lipinski definition) is 3. The van der Waals surface area contributed by atoms with Gasteiger partial charge in [0.05, 0.1) is 22.7 Å². The maximum Gasteiger partial charge on any atom is 0.411 e. The molecule has 0 amide bonds. The fourth-order valence-corrected chi connectivity index (χ4v) is 1.75. The molecule has 0 aliphatic heterocycles. The largest absolute Gasteiger partial charge is 0.411 e. The van der Waals surface area contributed by atoms with Crippen molar-refractivity contribution in [2.75, 3.05) is 13.2 Å². The smallest absolute Gasteiger partial charge is 0.370 e.